The van der Waals surface area contributed by atoms with Gasteiger partial charge in [-0.2, -0.15) is 0 Å². The van der Waals surface area contributed by atoms with Crippen LogP contribution in [0.25, 0.3) is 10.9 Å². The highest BCUT2D eigenvalue weighted by molar-refractivity contribution is 6.31. The van der Waals surface area contributed by atoms with Gasteiger partial charge in [0, 0.05) is 17.1 Å². The Morgan fingerprint density at radius 2 is 1.70 bits per heavy atom. The summed E-state index contributed by atoms with van der Waals surface area (Å²) in [5.41, 5.74) is 3.63. The predicted molar refractivity (Wildman–Crippen MR) is 153 cm³/mol. The van der Waals surface area contributed by atoms with E-state index in [1.165, 1.54) is 5.56 Å². The number of rotatable bonds is 6. The van der Waals surface area contributed by atoms with Crippen LogP contribution in [-0.2, 0) is 6.54 Å². The minimum atomic E-state index is -0.266. The third-order valence-corrected chi connectivity index (χ3v) is 7.14. The molecule has 0 unspecified atom stereocenters. The maximum atomic E-state index is 14.0. The molecule has 0 radical (unpaired) electrons. The normalized spacial score (nSPS) is 15.9. The second-order valence-electron chi connectivity index (χ2n) is 10.9. The van der Waals surface area contributed by atoms with E-state index in [1.807, 2.05) is 34.9 Å². The summed E-state index contributed by atoms with van der Waals surface area (Å²) < 4.78 is 1.84. The molecule has 3 aromatic carbocycles. The van der Waals surface area contributed by atoms with Crippen LogP contribution in [0.5, 0.6) is 0 Å². The van der Waals surface area contributed by atoms with Gasteiger partial charge in [-0.25, -0.2) is 4.98 Å². The van der Waals surface area contributed by atoms with Crippen molar-refractivity contribution in [2.75, 3.05) is 6.54 Å². The van der Waals surface area contributed by atoms with Gasteiger partial charge in [0.15, 0.2) is 0 Å². The molecule has 0 saturated heterocycles. The van der Waals surface area contributed by atoms with E-state index in [0.29, 0.717) is 22.5 Å². The molecule has 2 heterocycles. The number of fused-ring (bicyclic) bond motifs is 1. The first-order chi connectivity index (χ1) is 17.6. The van der Waals surface area contributed by atoms with Gasteiger partial charge in [-0.1, -0.05) is 85.6 Å². The highest BCUT2D eigenvalue weighted by Gasteiger charge is 2.39. The van der Waals surface area contributed by atoms with Gasteiger partial charge in [0.2, 0.25) is 0 Å². The highest BCUT2D eigenvalue weighted by Crippen LogP contribution is 2.36. The van der Waals surface area contributed by atoms with E-state index in [-0.39, 0.29) is 23.1 Å². The van der Waals surface area contributed by atoms with Gasteiger partial charge < -0.3 is 4.90 Å². The lowest BCUT2D eigenvalue weighted by molar-refractivity contribution is 0.225. The van der Waals surface area contributed by atoms with E-state index in [9.17, 15) is 4.79 Å². The van der Waals surface area contributed by atoms with Crippen LogP contribution in [0.1, 0.15) is 56.3 Å². The van der Waals surface area contributed by atoms with E-state index in [2.05, 4.69) is 63.8 Å². The number of amidine groups is 1. The molecule has 5 nitrogen and oxygen atoms in total. The van der Waals surface area contributed by atoms with Gasteiger partial charge >= 0.3 is 0 Å². The van der Waals surface area contributed by atoms with Gasteiger partial charge in [-0.05, 0) is 50.5 Å². The predicted octanol–water partition coefficient (Wildman–Crippen LogP) is 6.64. The van der Waals surface area contributed by atoms with Crippen molar-refractivity contribution in [2.24, 2.45) is 10.9 Å². The Balaban J connectivity index is 1.72. The van der Waals surface area contributed by atoms with Crippen LogP contribution < -0.4 is 5.56 Å². The minimum absolute atomic E-state index is 0.0570. The zero-order valence-electron chi connectivity index (χ0n) is 22.1. The molecule has 0 amide bonds. The van der Waals surface area contributed by atoms with E-state index < -0.39 is 0 Å². The summed E-state index contributed by atoms with van der Waals surface area (Å²) in [5, 5.41) is 1.14. The Hall–Kier alpha value is -3.44. The summed E-state index contributed by atoms with van der Waals surface area (Å²) in [7, 11) is 0. The Labute approximate surface area is 223 Å². The van der Waals surface area contributed by atoms with Crippen molar-refractivity contribution in [3.8, 4) is 0 Å². The average Bonchev–Trinajstić information content (AvgIpc) is 3.17. The molecule has 1 aliphatic heterocycles. The lowest BCUT2D eigenvalue weighted by atomic mass is 9.98. The number of halogens is 1. The van der Waals surface area contributed by atoms with Crippen LogP contribution in [0.3, 0.4) is 0 Å². The largest absolute Gasteiger partial charge is 0.344 e. The Kier molecular flexibility index (Phi) is 6.67. The molecule has 4 aromatic rings. The first kappa shape index (κ1) is 25.2. The molecular weight excluding hydrogens is 480 g/mol. The fraction of sp³-hybridized carbons (Fsp3) is 0.323. The molecule has 0 fully saturated rings. The molecule has 0 aliphatic carbocycles. The van der Waals surface area contributed by atoms with Crippen molar-refractivity contribution in [3.05, 3.63) is 111 Å². The number of hydrogen-bond acceptors (Lipinski definition) is 4. The van der Waals surface area contributed by atoms with Crippen molar-refractivity contribution in [1.82, 2.24) is 14.5 Å². The molecule has 0 bridgehead atoms. The summed E-state index contributed by atoms with van der Waals surface area (Å²) in [6.07, 6.45) is 0. The monoisotopic (exact) mass is 512 g/mol. The van der Waals surface area contributed by atoms with Crippen molar-refractivity contribution in [1.29, 1.82) is 0 Å². The lowest BCUT2D eigenvalue weighted by Crippen LogP contribution is -2.42. The number of nitrogens with zero attached hydrogens (tertiary/aromatic N) is 4. The summed E-state index contributed by atoms with van der Waals surface area (Å²) in [5.74, 6) is 1.83. The molecule has 0 spiro atoms. The summed E-state index contributed by atoms with van der Waals surface area (Å²) >= 11 is 6.34. The second-order valence-corrected chi connectivity index (χ2v) is 11.4. The van der Waals surface area contributed by atoms with Crippen LogP contribution >= 0.6 is 11.6 Å². The smallest absolute Gasteiger partial charge is 0.261 e. The third-order valence-electron chi connectivity index (χ3n) is 6.91. The van der Waals surface area contributed by atoms with Crippen LogP contribution in [0.15, 0.2) is 82.6 Å². The summed E-state index contributed by atoms with van der Waals surface area (Å²) in [6, 6.07) is 23.7. The van der Waals surface area contributed by atoms with E-state index in [1.54, 1.807) is 18.2 Å². The number of aryl methyl sites for hydroxylation is 1. The van der Waals surface area contributed by atoms with Crippen molar-refractivity contribution < 1.29 is 0 Å². The molecule has 6 heteroatoms. The Bertz CT molecular complexity index is 1520. The van der Waals surface area contributed by atoms with Crippen molar-refractivity contribution in [3.63, 3.8) is 0 Å². The zero-order chi connectivity index (χ0) is 26.3. The molecule has 0 saturated carbocycles. The lowest BCUT2D eigenvalue weighted by Gasteiger charge is -2.35. The Morgan fingerprint density at radius 1 is 1.00 bits per heavy atom. The van der Waals surface area contributed by atoms with E-state index in [4.69, 9.17) is 21.6 Å². The first-order valence-electron chi connectivity index (χ1n) is 12.8. The highest BCUT2D eigenvalue weighted by atomic mass is 35.5. The van der Waals surface area contributed by atoms with Crippen molar-refractivity contribution in [2.45, 2.75) is 52.7 Å². The molecule has 1 aliphatic rings. The van der Waals surface area contributed by atoms with Gasteiger partial charge in [0.05, 0.1) is 29.0 Å². The number of aromatic nitrogens is 2. The summed E-state index contributed by atoms with van der Waals surface area (Å²) in [6.45, 7) is 11.9. The molecule has 0 N–H and O–H groups in total. The molecule has 1 atom stereocenters. The second kappa shape index (κ2) is 9.79. The van der Waals surface area contributed by atoms with Gasteiger partial charge in [-0.3, -0.25) is 14.4 Å². The molecule has 5 rings (SSSR count). The van der Waals surface area contributed by atoms with Crippen LogP contribution in [0.4, 0.5) is 0 Å². The zero-order valence-corrected chi connectivity index (χ0v) is 22.8. The topological polar surface area (TPSA) is 50.5 Å². The quantitative estimate of drug-likeness (QED) is 0.291. The number of benzene rings is 3. The molecule has 1 aromatic heterocycles. The first-order valence-corrected chi connectivity index (χ1v) is 13.2. The maximum Gasteiger partial charge on any atom is 0.261 e. The Morgan fingerprint density at radius 3 is 2.38 bits per heavy atom. The average molecular weight is 513 g/mol. The molecular formula is C31H33ClN4O. The van der Waals surface area contributed by atoms with E-state index in [0.717, 1.165) is 29.3 Å². The minimum Gasteiger partial charge on any atom is -0.344 e. The summed E-state index contributed by atoms with van der Waals surface area (Å²) in [4.78, 5) is 26.6. The SMILES string of the molecule is Cc1ccc(C2=NC(C)(C)CN2[C@@H](c2nc3cc(Cl)ccc3c(=O)n2Cc2ccccc2)C(C)C)cc1. The van der Waals surface area contributed by atoms with Gasteiger partial charge in [-0.15, -0.1) is 0 Å². The van der Waals surface area contributed by atoms with Gasteiger partial charge in [0.25, 0.3) is 5.56 Å². The molecule has 37 heavy (non-hydrogen) atoms. The van der Waals surface area contributed by atoms with Gasteiger partial charge in [0.1, 0.15) is 11.7 Å². The molecule has 190 valence electrons. The number of hydrogen-bond donors (Lipinski definition) is 0. The third kappa shape index (κ3) is 5.05. The maximum absolute atomic E-state index is 14.0. The van der Waals surface area contributed by atoms with Crippen LogP contribution in [-0.4, -0.2) is 32.4 Å². The van der Waals surface area contributed by atoms with Crippen LogP contribution in [0, 0.1) is 12.8 Å². The van der Waals surface area contributed by atoms with Crippen LogP contribution in [0.2, 0.25) is 5.02 Å². The number of aliphatic imine (C=N–C) groups is 1. The fourth-order valence-corrected chi connectivity index (χ4v) is 5.36. The fourth-order valence-electron chi connectivity index (χ4n) is 5.19. The standard InChI is InChI=1S/C31H33ClN4O/c1-20(2)27(36-19-31(4,5)34-28(36)23-13-11-21(3)12-14-23)29-33-26-17-24(32)15-16-25(26)30(37)35(29)18-22-9-7-6-8-10-22/h6-17,20,27H,18-19H2,1-5H3/t27-/m1/s1. The van der Waals surface area contributed by atoms with E-state index >= 15 is 0 Å². The van der Waals surface area contributed by atoms with Crippen molar-refractivity contribution >= 4 is 28.3 Å².